The van der Waals surface area contributed by atoms with E-state index in [1.807, 2.05) is 0 Å². The molecule has 0 spiro atoms. The summed E-state index contributed by atoms with van der Waals surface area (Å²) in [4.78, 5) is 21.4. The number of carbonyl (C=O) groups excluding carboxylic acids is 1. The number of Topliss-reactive ketones (excluding diaryl/α,β-unsaturated/α-hetero) is 1. The van der Waals surface area contributed by atoms with Gasteiger partial charge < -0.3 is 30.6 Å². The van der Waals surface area contributed by atoms with Gasteiger partial charge in [-0.15, -0.1) is 0 Å². The van der Waals surface area contributed by atoms with Gasteiger partial charge in [0.2, 0.25) is 0 Å². The average molecular weight is 238 g/mol. The van der Waals surface area contributed by atoms with Crippen molar-refractivity contribution in [3.05, 3.63) is 0 Å². The summed E-state index contributed by atoms with van der Waals surface area (Å²) in [5.74, 6) is -12.1. The fourth-order valence-electron chi connectivity index (χ4n) is 0.980. The van der Waals surface area contributed by atoms with Crippen LogP contribution in [0.2, 0.25) is 0 Å². The average Bonchev–Trinajstić information content (AvgIpc) is 2.16. The van der Waals surface area contributed by atoms with E-state index < -0.39 is 29.4 Å². The van der Waals surface area contributed by atoms with Crippen molar-refractivity contribution in [1.29, 1.82) is 0 Å². The SMILES string of the molecule is CCCC(O)C(O)(O)C(=O)C(O)(O)C(=O)O. The van der Waals surface area contributed by atoms with Crippen LogP contribution in [0.5, 0.6) is 0 Å². The summed E-state index contributed by atoms with van der Waals surface area (Å²) in [7, 11) is 0. The number of rotatable bonds is 6. The molecule has 0 bridgehead atoms. The zero-order valence-electron chi connectivity index (χ0n) is 8.49. The van der Waals surface area contributed by atoms with Gasteiger partial charge in [0, 0.05) is 0 Å². The highest BCUT2D eigenvalue weighted by Crippen LogP contribution is 2.19. The smallest absolute Gasteiger partial charge is 0.372 e. The highest BCUT2D eigenvalue weighted by atomic mass is 16.6. The Morgan fingerprint density at radius 2 is 1.62 bits per heavy atom. The molecule has 0 rings (SSSR count). The van der Waals surface area contributed by atoms with E-state index in [0.717, 1.165) is 0 Å². The number of carboxylic acids is 1. The summed E-state index contributed by atoms with van der Waals surface area (Å²) in [6, 6.07) is 0. The third-order valence-corrected chi connectivity index (χ3v) is 1.98. The van der Waals surface area contributed by atoms with E-state index in [-0.39, 0.29) is 12.8 Å². The number of aliphatic hydroxyl groups excluding tert-OH is 1. The predicted octanol–water partition coefficient (Wildman–Crippen LogP) is -2.84. The zero-order valence-corrected chi connectivity index (χ0v) is 8.49. The van der Waals surface area contributed by atoms with Crippen LogP contribution in [-0.2, 0) is 9.59 Å². The number of ketones is 1. The van der Waals surface area contributed by atoms with Gasteiger partial charge in [-0.2, -0.15) is 0 Å². The summed E-state index contributed by atoms with van der Waals surface area (Å²) in [6.07, 6.45) is -1.97. The maximum absolute atomic E-state index is 11.1. The van der Waals surface area contributed by atoms with E-state index >= 15 is 0 Å². The van der Waals surface area contributed by atoms with E-state index in [4.69, 9.17) is 30.6 Å². The lowest BCUT2D eigenvalue weighted by Gasteiger charge is -2.29. The Balaban J connectivity index is 5.03. The van der Waals surface area contributed by atoms with Crippen molar-refractivity contribution in [3.8, 4) is 0 Å². The van der Waals surface area contributed by atoms with E-state index in [1.54, 1.807) is 6.92 Å². The highest BCUT2D eigenvalue weighted by Gasteiger charge is 2.55. The van der Waals surface area contributed by atoms with E-state index in [9.17, 15) is 9.59 Å². The van der Waals surface area contributed by atoms with Crippen molar-refractivity contribution in [2.24, 2.45) is 0 Å². The lowest BCUT2D eigenvalue weighted by Crippen LogP contribution is -2.62. The van der Waals surface area contributed by atoms with Crippen LogP contribution in [0.15, 0.2) is 0 Å². The standard InChI is InChI=1S/C8H14O8/c1-2-3-4(9)7(13,14)5(10)8(15,16)6(11)12/h4,9,13-16H,2-3H2,1H3,(H,11,12). The van der Waals surface area contributed by atoms with Gasteiger partial charge in [0.05, 0.1) is 0 Å². The quantitative estimate of drug-likeness (QED) is 0.213. The van der Waals surface area contributed by atoms with Gasteiger partial charge in [-0.05, 0) is 6.42 Å². The number of aliphatic hydroxyl groups is 5. The molecule has 0 aliphatic heterocycles. The lowest BCUT2D eigenvalue weighted by molar-refractivity contribution is -0.255. The first-order valence-corrected chi connectivity index (χ1v) is 4.44. The molecule has 0 fully saturated rings. The Bertz CT molecular complexity index is 282. The molecule has 0 saturated carbocycles. The monoisotopic (exact) mass is 238 g/mol. The second kappa shape index (κ2) is 4.85. The van der Waals surface area contributed by atoms with Gasteiger partial charge in [0.1, 0.15) is 6.10 Å². The van der Waals surface area contributed by atoms with Gasteiger partial charge in [0.25, 0.3) is 11.6 Å². The van der Waals surface area contributed by atoms with Crippen molar-refractivity contribution < 1.29 is 40.2 Å². The fourth-order valence-corrected chi connectivity index (χ4v) is 0.980. The molecular formula is C8H14O8. The van der Waals surface area contributed by atoms with Crippen LogP contribution in [0.4, 0.5) is 0 Å². The fraction of sp³-hybridized carbons (Fsp3) is 0.750. The molecule has 0 heterocycles. The molecule has 94 valence electrons. The number of hydrogen-bond acceptors (Lipinski definition) is 7. The van der Waals surface area contributed by atoms with Gasteiger partial charge in [-0.1, -0.05) is 13.3 Å². The molecule has 8 nitrogen and oxygen atoms in total. The Morgan fingerprint density at radius 1 is 1.19 bits per heavy atom. The number of aliphatic carboxylic acids is 1. The first-order chi connectivity index (χ1) is 7.08. The van der Waals surface area contributed by atoms with E-state index in [0.29, 0.717) is 0 Å². The summed E-state index contributed by atoms with van der Waals surface area (Å²) >= 11 is 0. The minimum atomic E-state index is -3.96. The highest BCUT2D eigenvalue weighted by molar-refractivity contribution is 6.07. The molecule has 0 saturated heterocycles. The van der Waals surface area contributed by atoms with Crippen molar-refractivity contribution in [2.45, 2.75) is 37.4 Å². The second-order valence-corrected chi connectivity index (χ2v) is 3.34. The molecule has 1 atom stereocenters. The van der Waals surface area contributed by atoms with Crippen LogP contribution in [0.1, 0.15) is 19.8 Å². The normalized spacial score (nSPS) is 14.6. The number of carboxylic acid groups (broad SMARTS) is 1. The maximum atomic E-state index is 11.1. The van der Waals surface area contributed by atoms with Gasteiger partial charge >= 0.3 is 11.8 Å². The molecule has 0 radical (unpaired) electrons. The van der Waals surface area contributed by atoms with Crippen molar-refractivity contribution in [1.82, 2.24) is 0 Å². The summed E-state index contributed by atoms with van der Waals surface area (Å²) in [5, 5.41) is 53.3. The first-order valence-electron chi connectivity index (χ1n) is 4.44. The Morgan fingerprint density at radius 3 is 1.94 bits per heavy atom. The third-order valence-electron chi connectivity index (χ3n) is 1.98. The molecule has 0 aromatic rings. The van der Waals surface area contributed by atoms with Gasteiger partial charge in [-0.3, -0.25) is 4.79 Å². The molecule has 0 aliphatic carbocycles. The molecule has 0 aromatic heterocycles. The van der Waals surface area contributed by atoms with Crippen LogP contribution >= 0.6 is 0 Å². The molecule has 0 aliphatic rings. The molecule has 0 amide bonds. The van der Waals surface area contributed by atoms with Gasteiger partial charge in [0.15, 0.2) is 0 Å². The Kier molecular flexibility index (Phi) is 4.53. The first kappa shape index (κ1) is 14.9. The number of carbonyl (C=O) groups is 2. The minimum Gasteiger partial charge on any atom is -0.477 e. The summed E-state index contributed by atoms with van der Waals surface area (Å²) < 4.78 is 0. The van der Waals surface area contributed by atoms with Crippen LogP contribution < -0.4 is 0 Å². The second-order valence-electron chi connectivity index (χ2n) is 3.34. The summed E-state index contributed by atoms with van der Waals surface area (Å²) in [5.41, 5.74) is 0. The molecule has 8 heteroatoms. The predicted molar refractivity (Wildman–Crippen MR) is 47.9 cm³/mol. The minimum absolute atomic E-state index is 0.228. The van der Waals surface area contributed by atoms with Crippen molar-refractivity contribution in [2.75, 3.05) is 0 Å². The van der Waals surface area contributed by atoms with Crippen LogP contribution in [0.3, 0.4) is 0 Å². The van der Waals surface area contributed by atoms with Crippen LogP contribution in [0.25, 0.3) is 0 Å². The lowest BCUT2D eigenvalue weighted by atomic mass is 9.95. The Hall–Kier alpha value is -1.06. The molecule has 1 unspecified atom stereocenters. The molecular weight excluding hydrogens is 224 g/mol. The molecule has 0 aromatic carbocycles. The number of hydrogen-bond donors (Lipinski definition) is 6. The third kappa shape index (κ3) is 2.74. The van der Waals surface area contributed by atoms with Gasteiger partial charge in [-0.25, -0.2) is 4.79 Å². The maximum Gasteiger partial charge on any atom is 0.372 e. The molecule has 16 heavy (non-hydrogen) atoms. The van der Waals surface area contributed by atoms with Crippen molar-refractivity contribution in [3.63, 3.8) is 0 Å². The molecule has 6 N–H and O–H groups in total. The van der Waals surface area contributed by atoms with Crippen molar-refractivity contribution >= 4 is 11.8 Å². The topological polar surface area (TPSA) is 156 Å². The summed E-state index contributed by atoms with van der Waals surface area (Å²) in [6.45, 7) is 1.56. The zero-order chi connectivity index (χ0) is 13.1. The largest absolute Gasteiger partial charge is 0.477 e. The van der Waals surface area contributed by atoms with E-state index in [2.05, 4.69) is 0 Å². The Labute approximate surface area is 90.4 Å². The van der Waals surface area contributed by atoms with Crippen LogP contribution in [-0.4, -0.2) is 60.1 Å². The van der Waals surface area contributed by atoms with E-state index in [1.165, 1.54) is 0 Å². The van der Waals surface area contributed by atoms with Crippen LogP contribution in [0, 0.1) is 0 Å².